The Labute approximate surface area is 351 Å². The zero-order chi connectivity index (χ0) is 40.0. The molecule has 3 aromatic heterocycles. The Morgan fingerprint density at radius 1 is 0.500 bits per heavy atom. The van der Waals surface area contributed by atoms with Gasteiger partial charge in [0.2, 0.25) is 5.95 Å². The minimum atomic E-state index is -0.119. The van der Waals surface area contributed by atoms with Crippen molar-refractivity contribution in [1.82, 2.24) is 19.5 Å². The topological polar surface area (TPSA) is 46.8 Å². The fourth-order valence-corrected chi connectivity index (χ4v) is 10.6. The van der Waals surface area contributed by atoms with E-state index in [1.807, 2.05) is 11.3 Å². The van der Waals surface area contributed by atoms with Gasteiger partial charge in [0.25, 0.3) is 0 Å². The van der Waals surface area contributed by atoms with Crippen LogP contribution in [0.1, 0.15) is 25.0 Å². The summed E-state index contributed by atoms with van der Waals surface area (Å²) < 4.78 is 4.80. The first-order valence-corrected chi connectivity index (χ1v) is 21.2. The predicted molar refractivity (Wildman–Crippen MR) is 250 cm³/mol. The number of nitrogens with zero attached hydrogens (tertiary/aromatic N) is 5. The second kappa shape index (κ2) is 13.3. The Hall–Kier alpha value is -7.41. The van der Waals surface area contributed by atoms with Crippen LogP contribution in [0.3, 0.4) is 0 Å². The van der Waals surface area contributed by atoms with Crippen LogP contribution in [0.5, 0.6) is 0 Å². The molecule has 0 saturated carbocycles. The fourth-order valence-electron chi connectivity index (χ4n) is 9.50. The minimum Gasteiger partial charge on any atom is -0.309 e. The molecular weight excluding hydrogens is 751 g/mol. The van der Waals surface area contributed by atoms with E-state index in [1.165, 1.54) is 47.8 Å². The molecule has 11 aromatic rings. The van der Waals surface area contributed by atoms with Crippen LogP contribution in [0, 0.1) is 0 Å². The molecule has 1 aliphatic carbocycles. The normalized spacial score (nSPS) is 13.0. The van der Waals surface area contributed by atoms with Crippen molar-refractivity contribution in [2.75, 3.05) is 4.90 Å². The highest BCUT2D eigenvalue weighted by molar-refractivity contribution is 7.26. The van der Waals surface area contributed by atoms with E-state index in [2.05, 4.69) is 211 Å². The number of para-hydroxylation sites is 4. The molecule has 0 fully saturated rings. The van der Waals surface area contributed by atoms with Crippen LogP contribution in [0.25, 0.3) is 81.6 Å². The zero-order valence-electron chi connectivity index (χ0n) is 33.0. The van der Waals surface area contributed by atoms with E-state index >= 15 is 0 Å². The van der Waals surface area contributed by atoms with Gasteiger partial charge in [-0.05, 0) is 82.9 Å². The Morgan fingerprint density at radius 2 is 1.15 bits per heavy atom. The second-order valence-corrected chi connectivity index (χ2v) is 17.1. The molecule has 8 aromatic carbocycles. The third-order valence-electron chi connectivity index (χ3n) is 12.3. The molecule has 1 aliphatic rings. The van der Waals surface area contributed by atoms with Gasteiger partial charge in [-0.15, -0.1) is 11.3 Å². The molecule has 0 aliphatic heterocycles. The van der Waals surface area contributed by atoms with Crippen LogP contribution >= 0.6 is 11.3 Å². The van der Waals surface area contributed by atoms with Crippen LogP contribution in [-0.4, -0.2) is 19.5 Å². The molecule has 60 heavy (non-hydrogen) atoms. The molecule has 3 heterocycles. The molecule has 5 nitrogen and oxygen atoms in total. The van der Waals surface area contributed by atoms with Gasteiger partial charge in [0.1, 0.15) is 0 Å². The van der Waals surface area contributed by atoms with E-state index in [4.69, 9.17) is 15.0 Å². The highest BCUT2D eigenvalue weighted by Gasteiger charge is 2.35. The molecule has 0 bridgehead atoms. The summed E-state index contributed by atoms with van der Waals surface area (Å²) in [5, 5.41) is 4.70. The molecule has 0 amide bonds. The van der Waals surface area contributed by atoms with Gasteiger partial charge in [0.15, 0.2) is 11.6 Å². The van der Waals surface area contributed by atoms with Crippen molar-refractivity contribution in [2.24, 2.45) is 0 Å². The van der Waals surface area contributed by atoms with Gasteiger partial charge in [0.05, 0.1) is 16.7 Å². The number of thiophene rings is 1. The number of aromatic nitrogens is 4. The SMILES string of the molecule is CC1(C)c2ccccc2-c2cc(-c3nc(-c4cccc5c6ccccc6n(-c6ccccc6)c45)nc(N(c4ccccc4)c4cccc5sc6ccccc6c45)n3)ccc21. The Bertz CT molecular complexity index is 3470. The van der Waals surface area contributed by atoms with Crippen LogP contribution in [0.15, 0.2) is 188 Å². The Morgan fingerprint density at radius 3 is 2.02 bits per heavy atom. The minimum absolute atomic E-state index is 0.119. The average Bonchev–Trinajstić information content (AvgIpc) is 3.93. The van der Waals surface area contributed by atoms with Crippen molar-refractivity contribution in [2.45, 2.75) is 19.3 Å². The highest BCUT2D eigenvalue weighted by Crippen LogP contribution is 2.50. The largest absolute Gasteiger partial charge is 0.309 e. The van der Waals surface area contributed by atoms with E-state index in [0.717, 1.165) is 44.6 Å². The quantitative estimate of drug-likeness (QED) is 0.168. The lowest BCUT2D eigenvalue weighted by Gasteiger charge is -2.25. The maximum Gasteiger partial charge on any atom is 0.238 e. The lowest BCUT2D eigenvalue weighted by molar-refractivity contribution is 0.660. The van der Waals surface area contributed by atoms with Crippen LogP contribution in [-0.2, 0) is 5.41 Å². The summed E-state index contributed by atoms with van der Waals surface area (Å²) in [6.45, 7) is 4.63. The van der Waals surface area contributed by atoms with Crippen molar-refractivity contribution in [3.8, 4) is 39.6 Å². The van der Waals surface area contributed by atoms with Crippen molar-refractivity contribution >= 4 is 70.6 Å². The van der Waals surface area contributed by atoms with E-state index in [0.29, 0.717) is 17.6 Å². The summed E-state index contributed by atoms with van der Waals surface area (Å²) in [4.78, 5) is 18.7. The van der Waals surface area contributed by atoms with Gasteiger partial charge in [-0.3, -0.25) is 4.90 Å². The van der Waals surface area contributed by atoms with Crippen molar-refractivity contribution in [3.63, 3.8) is 0 Å². The number of anilines is 3. The van der Waals surface area contributed by atoms with Crippen LogP contribution in [0.2, 0.25) is 0 Å². The highest BCUT2D eigenvalue weighted by atomic mass is 32.1. The fraction of sp³-hybridized carbons (Fsp3) is 0.0556. The molecule has 0 unspecified atom stereocenters. The molecule has 0 saturated heterocycles. The first-order valence-electron chi connectivity index (χ1n) is 20.4. The van der Waals surface area contributed by atoms with E-state index in [-0.39, 0.29) is 5.41 Å². The van der Waals surface area contributed by atoms with Crippen molar-refractivity contribution < 1.29 is 0 Å². The van der Waals surface area contributed by atoms with Gasteiger partial charge >= 0.3 is 0 Å². The Kier molecular flexibility index (Phi) is 7.68. The standard InChI is InChI=1S/C54H37N5S/c1-54(2)43-26-12-9-21-37(43)42-33-34(31-32-44(42)54)51-55-52(41-25-15-24-39-38-22-10-13-27-45(38)58(50(39)41)35-17-5-3-6-18-35)57-53(56-51)59(36-19-7-4-8-20-36)46-28-16-30-48-49(46)40-23-11-14-29-47(40)60-48/h3-33H,1-2H3. The third-order valence-corrected chi connectivity index (χ3v) is 13.4. The lowest BCUT2D eigenvalue weighted by atomic mass is 9.82. The van der Waals surface area contributed by atoms with E-state index in [9.17, 15) is 0 Å². The van der Waals surface area contributed by atoms with E-state index < -0.39 is 0 Å². The molecule has 0 spiro atoms. The lowest BCUT2D eigenvalue weighted by Crippen LogP contribution is -2.16. The number of fused-ring (bicyclic) bond motifs is 9. The molecule has 12 rings (SSSR count). The van der Waals surface area contributed by atoms with Gasteiger partial charge in [0, 0.05) is 58.9 Å². The van der Waals surface area contributed by atoms with Gasteiger partial charge in [-0.2, -0.15) is 9.97 Å². The summed E-state index contributed by atoms with van der Waals surface area (Å²) in [6, 6.07) is 66.9. The average molecular weight is 788 g/mol. The number of hydrogen-bond acceptors (Lipinski definition) is 5. The van der Waals surface area contributed by atoms with Gasteiger partial charge in [-0.25, -0.2) is 4.98 Å². The van der Waals surface area contributed by atoms with E-state index in [1.54, 1.807) is 0 Å². The summed E-state index contributed by atoms with van der Waals surface area (Å²) in [5.41, 5.74) is 12.1. The maximum absolute atomic E-state index is 5.53. The molecule has 6 heteroatoms. The molecular formula is C54H37N5S. The number of rotatable bonds is 6. The first kappa shape index (κ1) is 34.6. The Balaban J connectivity index is 1.17. The van der Waals surface area contributed by atoms with Crippen LogP contribution < -0.4 is 4.90 Å². The van der Waals surface area contributed by atoms with Gasteiger partial charge in [-0.1, -0.05) is 141 Å². The number of hydrogen-bond donors (Lipinski definition) is 0. The summed E-state index contributed by atoms with van der Waals surface area (Å²) in [7, 11) is 0. The smallest absolute Gasteiger partial charge is 0.238 e. The maximum atomic E-state index is 5.53. The molecule has 0 atom stereocenters. The monoisotopic (exact) mass is 787 g/mol. The van der Waals surface area contributed by atoms with Crippen molar-refractivity contribution in [1.29, 1.82) is 0 Å². The number of benzene rings is 8. The predicted octanol–water partition coefficient (Wildman–Crippen LogP) is 14.4. The third kappa shape index (κ3) is 5.21. The van der Waals surface area contributed by atoms with Crippen molar-refractivity contribution in [3.05, 3.63) is 199 Å². The molecule has 0 radical (unpaired) electrons. The van der Waals surface area contributed by atoms with Gasteiger partial charge < -0.3 is 4.57 Å². The molecule has 0 N–H and O–H groups in total. The second-order valence-electron chi connectivity index (χ2n) is 16.0. The summed E-state index contributed by atoms with van der Waals surface area (Å²) in [5.74, 6) is 1.76. The summed E-state index contributed by atoms with van der Waals surface area (Å²) >= 11 is 1.81. The first-order chi connectivity index (χ1) is 29.5. The summed E-state index contributed by atoms with van der Waals surface area (Å²) in [6.07, 6.45) is 0. The molecule has 284 valence electrons. The zero-order valence-corrected chi connectivity index (χ0v) is 33.9. The van der Waals surface area contributed by atoms with Crippen LogP contribution in [0.4, 0.5) is 17.3 Å².